The van der Waals surface area contributed by atoms with Gasteiger partial charge in [-0.15, -0.1) is 12.8 Å². The minimum atomic E-state index is -0.762. The van der Waals surface area contributed by atoms with Crippen molar-refractivity contribution in [3.05, 3.63) is 117 Å². The predicted molar refractivity (Wildman–Crippen MR) is 208 cm³/mol. The Hall–Kier alpha value is -5.01. The molecule has 2 atom stereocenters. The predicted octanol–water partition coefficient (Wildman–Crippen LogP) is 8.90. The molecule has 0 radical (unpaired) electrons. The van der Waals surface area contributed by atoms with Crippen LogP contribution in [0.15, 0.2) is 72.8 Å². The molecule has 6 heteroatoms. The summed E-state index contributed by atoms with van der Waals surface area (Å²) in [6.45, 7) is 10.7. The number of ether oxygens (including phenoxy) is 2. The molecule has 6 rings (SSSR count). The van der Waals surface area contributed by atoms with E-state index >= 15 is 0 Å². The van der Waals surface area contributed by atoms with Crippen LogP contribution in [-0.2, 0) is 31.1 Å². The van der Waals surface area contributed by atoms with Crippen LogP contribution < -0.4 is 9.47 Å². The highest BCUT2D eigenvalue weighted by atomic mass is 16.5. The van der Waals surface area contributed by atoms with Gasteiger partial charge in [-0.2, -0.15) is 0 Å². The Kier molecular flexibility index (Phi) is 12.0. The first kappa shape index (κ1) is 36.8. The Morgan fingerprint density at radius 1 is 0.731 bits per heavy atom. The van der Waals surface area contributed by atoms with Gasteiger partial charge in [0, 0.05) is 19.1 Å². The van der Waals surface area contributed by atoms with E-state index in [1.54, 1.807) is 0 Å². The van der Waals surface area contributed by atoms with Gasteiger partial charge in [0.25, 0.3) is 0 Å². The molecule has 0 spiro atoms. The molecular formula is C46H50N2O4. The fourth-order valence-corrected chi connectivity index (χ4v) is 7.72. The van der Waals surface area contributed by atoms with Crippen LogP contribution >= 0.6 is 0 Å². The van der Waals surface area contributed by atoms with E-state index in [-0.39, 0.29) is 0 Å². The van der Waals surface area contributed by atoms with E-state index in [0.29, 0.717) is 43.5 Å². The molecule has 0 aromatic heterocycles. The van der Waals surface area contributed by atoms with Crippen molar-refractivity contribution in [1.82, 2.24) is 9.80 Å². The molecule has 6 nitrogen and oxygen atoms in total. The van der Waals surface area contributed by atoms with E-state index in [1.807, 2.05) is 29.2 Å². The highest BCUT2D eigenvalue weighted by Crippen LogP contribution is 2.33. The third kappa shape index (κ3) is 8.54. The molecule has 0 bridgehead atoms. The summed E-state index contributed by atoms with van der Waals surface area (Å²) in [5.74, 6) is 6.24. The van der Waals surface area contributed by atoms with Crippen molar-refractivity contribution < 1.29 is 19.4 Å². The third-order valence-corrected chi connectivity index (χ3v) is 11.0. The van der Waals surface area contributed by atoms with E-state index < -0.39 is 12.0 Å². The molecule has 2 fully saturated rings. The zero-order valence-electron chi connectivity index (χ0n) is 30.8. The molecule has 4 aromatic rings. The molecule has 0 amide bonds. The van der Waals surface area contributed by atoms with E-state index in [0.717, 1.165) is 82.7 Å². The highest BCUT2D eigenvalue weighted by molar-refractivity contribution is 5.74. The summed E-state index contributed by atoms with van der Waals surface area (Å²) in [7, 11) is 0. The lowest BCUT2D eigenvalue weighted by molar-refractivity contribution is -0.144. The molecule has 2 aliphatic rings. The second-order valence-corrected chi connectivity index (χ2v) is 14.3. The first-order valence-corrected chi connectivity index (χ1v) is 18.6. The van der Waals surface area contributed by atoms with Crippen LogP contribution in [-0.4, -0.2) is 46.0 Å². The van der Waals surface area contributed by atoms with Crippen molar-refractivity contribution in [1.29, 1.82) is 0 Å². The minimum Gasteiger partial charge on any atom is -0.488 e. The quantitative estimate of drug-likeness (QED) is 0.150. The monoisotopic (exact) mass is 694 g/mol. The third-order valence-electron chi connectivity index (χ3n) is 11.0. The lowest BCUT2D eigenvalue weighted by atomic mass is 9.92. The van der Waals surface area contributed by atoms with Crippen molar-refractivity contribution in [2.24, 2.45) is 0 Å². The Morgan fingerprint density at radius 2 is 1.23 bits per heavy atom. The summed E-state index contributed by atoms with van der Waals surface area (Å²) < 4.78 is 12.7. The van der Waals surface area contributed by atoms with Gasteiger partial charge in [-0.25, -0.2) is 0 Å². The maximum absolute atomic E-state index is 11.8. The fraction of sp³-hybridized carbons (Fsp3) is 0.370. The molecule has 0 aliphatic carbocycles. The van der Waals surface area contributed by atoms with Gasteiger partial charge >= 0.3 is 5.97 Å². The SMILES string of the molecule is C#Cc1cc(CN2CCCC[C@H]2C)ccc1OCc1cccc(-c2cccc(COc3ccc(CN4CCCC[C@H]4C(=O)O)cc3C#C)c2C)c1C. The summed E-state index contributed by atoms with van der Waals surface area (Å²) in [5, 5.41) is 9.68. The second kappa shape index (κ2) is 17.0. The molecule has 0 saturated carbocycles. The molecule has 0 unspecified atom stereocenters. The maximum atomic E-state index is 11.8. The second-order valence-electron chi connectivity index (χ2n) is 14.3. The Morgan fingerprint density at radius 3 is 1.73 bits per heavy atom. The number of carbonyl (C=O) groups is 1. The first-order valence-electron chi connectivity index (χ1n) is 18.6. The number of hydrogen-bond acceptors (Lipinski definition) is 5. The minimum absolute atomic E-state index is 0.365. The lowest BCUT2D eigenvalue weighted by Crippen LogP contribution is -2.44. The van der Waals surface area contributed by atoms with Crippen LogP contribution in [0.1, 0.15) is 90.0 Å². The van der Waals surface area contributed by atoms with Crippen LogP contribution in [0, 0.1) is 38.5 Å². The smallest absolute Gasteiger partial charge is 0.320 e. The number of aliphatic carboxylic acids is 1. The zero-order chi connectivity index (χ0) is 36.6. The van der Waals surface area contributed by atoms with Gasteiger partial charge in [0.1, 0.15) is 30.8 Å². The van der Waals surface area contributed by atoms with Crippen molar-refractivity contribution in [2.45, 2.75) is 97.7 Å². The number of terminal acetylenes is 2. The summed E-state index contributed by atoms with van der Waals surface area (Å²) in [4.78, 5) is 16.4. The standard InChI is InChI=1S/C46H50N2O4/c1-6-37-26-35(28-47-24-10-8-14-32(47)3)20-22-44(37)51-30-39-15-12-17-41(33(39)4)42-18-13-16-40(34(42)5)31-52-45-23-21-36(27-38(45)7-2)29-48-25-11-9-19-43(48)46(49)50/h1-2,12-13,15-18,20-23,26-27,32,43H,8-11,14,19,24-25,28-31H2,3-5H3,(H,49,50)/t32-,43+/m1/s1. The average Bonchev–Trinajstić information content (AvgIpc) is 3.15. The van der Waals surface area contributed by atoms with Crippen LogP contribution in [0.4, 0.5) is 0 Å². The summed E-state index contributed by atoms with van der Waals surface area (Å²) in [5.41, 5.74) is 10.4. The largest absolute Gasteiger partial charge is 0.488 e. The van der Waals surface area contributed by atoms with Crippen LogP contribution in [0.2, 0.25) is 0 Å². The summed E-state index contributed by atoms with van der Waals surface area (Å²) in [6, 6.07) is 24.9. The normalized spacial score (nSPS) is 17.9. The number of nitrogens with zero attached hydrogens (tertiary/aromatic N) is 2. The highest BCUT2D eigenvalue weighted by Gasteiger charge is 2.28. The summed E-state index contributed by atoms with van der Waals surface area (Å²) >= 11 is 0. The molecular weight excluding hydrogens is 645 g/mol. The van der Waals surface area contributed by atoms with Gasteiger partial charge in [0.2, 0.25) is 0 Å². The van der Waals surface area contributed by atoms with E-state index in [9.17, 15) is 9.90 Å². The number of carboxylic acids is 1. The van der Waals surface area contributed by atoms with Crippen LogP contribution in [0.5, 0.6) is 11.5 Å². The number of carboxylic acid groups (broad SMARTS) is 1. The topological polar surface area (TPSA) is 62.2 Å². The number of likely N-dealkylation sites (tertiary alicyclic amines) is 2. The maximum Gasteiger partial charge on any atom is 0.320 e. The van der Waals surface area contributed by atoms with Crippen LogP contribution in [0.25, 0.3) is 11.1 Å². The van der Waals surface area contributed by atoms with Crippen LogP contribution in [0.3, 0.4) is 0 Å². The molecule has 2 heterocycles. The van der Waals surface area contributed by atoms with Gasteiger partial charge in [0.15, 0.2) is 0 Å². The van der Waals surface area contributed by atoms with Crippen molar-refractivity contribution in [3.8, 4) is 47.3 Å². The number of hydrogen-bond donors (Lipinski definition) is 1. The van der Waals surface area contributed by atoms with E-state index in [4.69, 9.17) is 22.3 Å². The Balaban J connectivity index is 1.13. The fourth-order valence-electron chi connectivity index (χ4n) is 7.72. The number of piperidine rings is 2. The molecule has 52 heavy (non-hydrogen) atoms. The molecule has 268 valence electrons. The zero-order valence-corrected chi connectivity index (χ0v) is 30.8. The Bertz CT molecular complexity index is 1990. The lowest BCUT2D eigenvalue weighted by Gasteiger charge is -2.33. The van der Waals surface area contributed by atoms with Gasteiger partial charge in [-0.3, -0.25) is 14.6 Å². The summed E-state index contributed by atoms with van der Waals surface area (Å²) in [6.07, 6.45) is 18.3. The average molecular weight is 695 g/mol. The Labute approximate surface area is 309 Å². The van der Waals surface area contributed by atoms with Crippen molar-refractivity contribution in [2.75, 3.05) is 13.1 Å². The molecule has 1 N–H and O–H groups in total. The molecule has 2 aliphatic heterocycles. The van der Waals surface area contributed by atoms with E-state index in [1.165, 1.54) is 24.8 Å². The molecule has 2 saturated heterocycles. The van der Waals surface area contributed by atoms with E-state index in [2.05, 4.69) is 86.0 Å². The van der Waals surface area contributed by atoms with Gasteiger partial charge in [-0.05, 0) is 128 Å². The van der Waals surface area contributed by atoms with Gasteiger partial charge < -0.3 is 14.6 Å². The molecule has 4 aromatic carbocycles. The van der Waals surface area contributed by atoms with Crippen molar-refractivity contribution >= 4 is 5.97 Å². The number of benzene rings is 4. The van der Waals surface area contributed by atoms with Gasteiger partial charge in [0.05, 0.1) is 11.1 Å². The van der Waals surface area contributed by atoms with Gasteiger partial charge in [-0.1, -0.05) is 73.2 Å². The first-order chi connectivity index (χ1) is 25.2. The van der Waals surface area contributed by atoms with Crippen molar-refractivity contribution in [3.63, 3.8) is 0 Å². The number of rotatable bonds is 12.